The largest absolute Gasteiger partial charge is 0.775 e. The molecule has 11 aliphatic carbocycles. The van der Waals surface area contributed by atoms with Gasteiger partial charge in [0, 0.05) is 169 Å². The molecule has 0 spiro atoms. The molecular weight excluding hydrogens is 1320 g/mol. The summed E-state index contributed by atoms with van der Waals surface area (Å²) in [7, 11) is 7.62. The summed E-state index contributed by atoms with van der Waals surface area (Å²) in [6.07, 6.45) is 0. The van der Waals surface area contributed by atoms with E-state index in [1.54, 1.807) is 0 Å². The van der Waals surface area contributed by atoms with Crippen molar-refractivity contribution in [1.82, 2.24) is 0 Å². The molecule has 2 unspecified atom stereocenters. The first kappa shape index (κ1) is 56.8. The molecule has 0 saturated heterocycles. The van der Waals surface area contributed by atoms with Gasteiger partial charge >= 0.3 is 0 Å². The molecule has 5 radical (unpaired) electrons. The molecule has 5 aromatic rings. The van der Waals surface area contributed by atoms with Crippen LogP contribution in [0.5, 0.6) is 0 Å². The fourth-order valence-electron chi connectivity index (χ4n) is 14.0. The van der Waals surface area contributed by atoms with Crippen molar-refractivity contribution >= 4 is 76.1 Å². The third-order valence-electron chi connectivity index (χ3n) is 14.9. The van der Waals surface area contributed by atoms with Gasteiger partial charge in [-0.2, -0.15) is 21.3 Å². The van der Waals surface area contributed by atoms with E-state index in [0.717, 1.165) is 0 Å². The zero-order chi connectivity index (χ0) is 43.5. The third kappa shape index (κ3) is 5.47. The Bertz CT molecular complexity index is 2930. The molecule has 11 aliphatic rings. The topological polar surface area (TPSA) is 163 Å². The van der Waals surface area contributed by atoms with Crippen molar-refractivity contribution in [1.29, 1.82) is 0 Å². The van der Waals surface area contributed by atoms with Crippen molar-refractivity contribution in [2.45, 2.75) is 30.7 Å². The van der Waals surface area contributed by atoms with Gasteiger partial charge in [-0.25, -0.2) is 0 Å². The fourth-order valence-corrected chi connectivity index (χ4v) is 17.4. The summed E-state index contributed by atoms with van der Waals surface area (Å²) in [5.74, 6) is 0. The second-order valence-corrected chi connectivity index (χ2v) is 19.2. The van der Waals surface area contributed by atoms with Crippen LogP contribution in [0.2, 0.25) is 0 Å². The van der Waals surface area contributed by atoms with E-state index in [9.17, 15) is 0 Å². The van der Waals surface area contributed by atoms with Gasteiger partial charge < -0.3 is 97.6 Å². The van der Waals surface area contributed by atoms with E-state index < -0.39 is 29.2 Å². The number of benzene rings is 5. The average Bonchev–Trinajstić information content (AvgIpc) is 3.99. The minimum atomic E-state index is -0.777. The maximum atomic E-state index is 8.24. The summed E-state index contributed by atoms with van der Waals surface area (Å²) in [5, 5.41) is 34.4. The molecule has 66 heavy (non-hydrogen) atoms. The quantitative estimate of drug-likeness (QED) is 0.0439. The molecule has 5 aromatic carbocycles. The minimum absolute atomic E-state index is 0. The van der Waals surface area contributed by atoms with Crippen molar-refractivity contribution in [3.8, 4) is 55.6 Å². The van der Waals surface area contributed by atoms with Gasteiger partial charge in [0.05, 0.1) is 0 Å². The van der Waals surface area contributed by atoms with E-state index in [4.69, 9.17) is 98.7 Å². The summed E-state index contributed by atoms with van der Waals surface area (Å²) in [5.41, 5.74) is 29.2. The predicted molar refractivity (Wildman–Crippen MR) is 234 cm³/mol. The zero-order valence-corrected chi connectivity index (χ0v) is 52.4. The monoisotopic (exact) mass is 1340 g/mol. The van der Waals surface area contributed by atoms with Crippen LogP contribution in [-0.2, 0) is 275 Å². The second kappa shape index (κ2) is 18.4. The van der Waals surface area contributed by atoms with E-state index in [2.05, 4.69) is 104 Å². The number of hydrogen-bond acceptors (Lipinski definition) is 13. The summed E-state index contributed by atoms with van der Waals surface area (Å²) in [4.78, 5) is 25.5. The van der Waals surface area contributed by atoms with E-state index in [0.29, 0.717) is 12.9 Å². The van der Waals surface area contributed by atoms with Crippen LogP contribution in [-0.4, -0.2) is 38.9 Å². The Morgan fingerprint density at radius 3 is 0.758 bits per heavy atom. The van der Waals surface area contributed by atoms with Gasteiger partial charge in [-0.3, -0.25) is 15.8 Å². The van der Waals surface area contributed by atoms with Crippen LogP contribution in [0.4, 0.5) is 0 Å². The molecular formula is C46H24O10S5Y5-10. The first-order valence-corrected chi connectivity index (χ1v) is 20.4. The molecule has 10 nitrogen and oxygen atoms in total. The van der Waals surface area contributed by atoms with Crippen LogP contribution >= 0.6 is 0 Å². The van der Waals surface area contributed by atoms with Crippen molar-refractivity contribution in [3.05, 3.63) is 160 Å². The van der Waals surface area contributed by atoms with E-state index in [1.165, 1.54) is 134 Å². The Labute approximate surface area is 532 Å². The SMILES string of the molecule is CC12C3=C4C5=C1[C@]1([S-])c6c7ccc8c6C2([S-])c2c-8ccc6c2[C@@]3([S-])c2c-6ccc3c2[C@@]4([S-])c2c-3ccc3c2[C@@]5([S-])c2c-3ccc-7c21.O=[C-]O.O=[C-]O.[CH2-]OO.[CH2-]OO.[CH2-]OO.[Y].[Y].[Y].[Y].[Y]. The van der Waals surface area contributed by atoms with Crippen LogP contribution in [0, 0.1) is 26.7 Å². The van der Waals surface area contributed by atoms with Crippen molar-refractivity contribution in [2.75, 3.05) is 0 Å². The molecule has 6 atom stereocenters. The molecule has 0 fully saturated rings. The summed E-state index contributed by atoms with van der Waals surface area (Å²) < 4.78 is -3.85. The molecule has 323 valence electrons. The van der Waals surface area contributed by atoms with Gasteiger partial charge in [-0.1, -0.05) is 127 Å². The molecule has 0 saturated carbocycles. The van der Waals surface area contributed by atoms with Crippen LogP contribution in [0.25, 0.3) is 55.6 Å². The van der Waals surface area contributed by atoms with Crippen LogP contribution in [0.15, 0.2) is 83.0 Å². The number of fused-ring (bicyclic) bond motifs is 5. The normalized spacial score (nSPS) is 27.8. The zero-order valence-electron chi connectivity index (χ0n) is 34.1. The molecule has 20 heteroatoms. The maximum Gasteiger partial charge on any atom is 0.000535 e. The summed E-state index contributed by atoms with van der Waals surface area (Å²) in [6, 6.07) is 23.4. The van der Waals surface area contributed by atoms with E-state index >= 15 is 0 Å². The second-order valence-electron chi connectivity index (χ2n) is 16.2. The van der Waals surface area contributed by atoms with Crippen LogP contribution in [0.1, 0.15) is 62.6 Å². The molecule has 0 bridgehead atoms. The summed E-state index contributed by atoms with van der Waals surface area (Å²) >= 11 is 36.6. The Morgan fingerprint density at radius 2 is 0.561 bits per heavy atom. The molecule has 0 amide bonds. The Kier molecular flexibility index (Phi) is 15.9. The van der Waals surface area contributed by atoms with Crippen molar-refractivity contribution in [3.63, 3.8) is 0 Å². The van der Waals surface area contributed by atoms with E-state index in [-0.39, 0.29) is 164 Å². The smallest absolute Gasteiger partial charge is 0.000535 e. The number of hydrogen-bond donors (Lipinski definition) is 5. The van der Waals surface area contributed by atoms with Gasteiger partial charge in [0.15, 0.2) is 0 Å². The molecule has 0 aliphatic heterocycles. The first-order valence-electron chi connectivity index (χ1n) is 18.3. The Hall–Kier alpha value is 1.55. The van der Waals surface area contributed by atoms with Crippen molar-refractivity contribution < 1.29 is 214 Å². The molecule has 0 heterocycles. The number of aliphatic hydroxyl groups excluding tert-OH is 2. The first-order chi connectivity index (χ1) is 29.2. The van der Waals surface area contributed by atoms with Gasteiger partial charge in [0.2, 0.25) is 0 Å². The summed E-state index contributed by atoms with van der Waals surface area (Å²) in [6.45, 7) is 3.43. The average molecular weight is 1340 g/mol. The van der Waals surface area contributed by atoms with Gasteiger partial charge in [0.25, 0.3) is 0 Å². The van der Waals surface area contributed by atoms with E-state index in [1.807, 2.05) is 0 Å². The van der Waals surface area contributed by atoms with Gasteiger partial charge in [-0.15, -0.1) is 0 Å². The standard InChI is InChI=1S/C41H18S5.3CH3O2.2CHO2.5Y/c1-36-34-32-33-35(36)40(45)27-17-7-5-15-13-3-2-12-14-4-6-16-18-8-10-20-21-11-9-19(17)29(40)31(21)41(36,46)30(20)28(18)39(34,44)26(16)24(14)37(32,42)22(12)23(13)38(33,43)25(15)27;3*1-3-2;2*2-1-3;;;;;/h2-11,42-46H,1H3;3*2H,1H2;2*(H,2,3);;;;;/q;5*-1;;;;;/p-5/t36?,37-,38+,39-,40+,41?;;;;;;;;;;. The molecule has 5 N–H and O–H groups in total. The fraction of sp³-hybridized carbons (Fsp3) is 0.152. The third-order valence-corrected chi connectivity index (χ3v) is 18.1. The molecule has 0 aromatic heterocycles. The minimum Gasteiger partial charge on any atom is -0.775 e. The Balaban J connectivity index is 0.000000325. The van der Waals surface area contributed by atoms with Gasteiger partial charge in [-0.05, 0) is 111 Å². The van der Waals surface area contributed by atoms with Gasteiger partial charge in [0.1, 0.15) is 0 Å². The Morgan fingerprint density at radius 1 is 0.409 bits per heavy atom. The van der Waals surface area contributed by atoms with Crippen molar-refractivity contribution in [2.24, 2.45) is 5.41 Å². The van der Waals surface area contributed by atoms with Crippen LogP contribution in [0.3, 0.4) is 0 Å². The predicted octanol–water partition coefficient (Wildman–Crippen LogP) is 7.54. The maximum absolute atomic E-state index is 8.24. The van der Waals surface area contributed by atoms with Crippen LogP contribution < -0.4 is 0 Å². The number of rotatable bonds is 0. The molecule has 16 rings (SSSR count).